The fourth-order valence-electron chi connectivity index (χ4n) is 3.19. The Bertz CT molecular complexity index is 1060. The highest BCUT2D eigenvalue weighted by Crippen LogP contribution is 2.42. The van der Waals surface area contributed by atoms with Gasteiger partial charge in [0.2, 0.25) is 5.91 Å². The number of thioether (sulfide) groups is 1. The first kappa shape index (κ1) is 22.3. The Morgan fingerprint density at radius 1 is 1.23 bits per heavy atom. The van der Waals surface area contributed by atoms with Gasteiger partial charge in [0.1, 0.15) is 22.5 Å². The molecule has 1 atom stereocenters. The largest absolute Gasteiger partial charge is 0.348 e. The first-order valence-corrected chi connectivity index (χ1v) is 10.7. The zero-order valence-corrected chi connectivity index (χ0v) is 17.9. The molecule has 7 heteroatoms. The van der Waals surface area contributed by atoms with Gasteiger partial charge in [-0.25, -0.2) is 4.39 Å². The van der Waals surface area contributed by atoms with Crippen LogP contribution in [0.3, 0.4) is 0 Å². The maximum absolute atomic E-state index is 13.3. The molecule has 2 aromatic rings. The number of hydrogen-bond acceptors (Lipinski definition) is 4. The lowest BCUT2D eigenvalue weighted by Gasteiger charge is -2.19. The second kappa shape index (κ2) is 10.1. The number of aryl methyl sites for hydroxylation is 1. The van der Waals surface area contributed by atoms with E-state index in [1.165, 1.54) is 34.9 Å². The summed E-state index contributed by atoms with van der Waals surface area (Å²) in [6, 6.07) is 15.4. The number of amides is 2. The molecule has 0 radical (unpaired) electrons. The van der Waals surface area contributed by atoms with Crippen LogP contribution in [0.1, 0.15) is 18.1 Å². The van der Waals surface area contributed by atoms with Crippen LogP contribution in [0.4, 0.5) is 10.1 Å². The topological polar surface area (TPSA) is 73.2 Å². The highest BCUT2D eigenvalue weighted by molar-refractivity contribution is 8.05. The summed E-state index contributed by atoms with van der Waals surface area (Å²) in [7, 11) is 0. The summed E-state index contributed by atoms with van der Waals surface area (Å²) in [5.74, 6) is -1.13. The third-order valence-corrected chi connectivity index (χ3v) is 6.11. The van der Waals surface area contributed by atoms with Crippen LogP contribution in [-0.2, 0) is 22.4 Å². The molecule has 0 aliphatic carbocycles. The number of anilines is 1. The lowest BCUT2D eigenvalue weighted by molar-refractivity contribution is -0.117. The molecular formula is C24H22FN3O2S. The molecule has 1 fully saturated rings. The fraction of sp³-hybridized carbons (Fsp3) is 0.208. The fourth-order valence-corrected chi connectivity index (χ4v) is 4.50. The third kappa shape index (κ3) is 5.04. The van der Waals surface area contributed by atoms with Crippen molar-refractivity contribution in [2.75, 3.05) is 11.4 Å². The average Bonchev–Trinajstić information content (AvgIpc) is 3.10. The number of carbonyl (C=O) groups excluding carboxylic acids is 2. The van der Waals surface area contributed by atoms with Gasteiger partial charge in [-0.3, -0.25) is 14.5 Å². The summed E-state index contributed by atoms with van der Waals surface area (Å²) < 4.78 is 13.3. The molecule has 2 amide bonds. The summed E-state index contributed by atoms with van der Waals surface area (Å²) in [6.07, 6.45) is 2.72. The van der Waals surface area contributed by atoms with Crippen molar-refractivity contribution in [3.05, 3.63) is 88.7 Å². The Balaban J connectivity index is 2.01. The number of halogens is 1. The third-order valence-electron chi connectivity index (χ3n) is 4.85. The summed E-state index contributed by atoms with van der Waals surface area (Å²) in [6.45, 7) is 5.80. The minimum atomic E-state index is -0.560. The van der Waals surface area contributed by atoms with Gasteiger partial charge < -0.3 is 5.32 Å². The van der Waals surface area contributed by atoms with Crippen LogP contribution in [0.15, 0.2) is 71.8 Å². The standard InChI is InChI=1S/C24H22FN3O2S/c1-3-13-27-22(29)20(15-26)24-28(19-11-7-16(4-2)8-12-19)23(30)21(31-24)14-17-5-9-18(25)10-6-17/h3,5-12,21H,1,4,13-14H2,2H3,(H,27,29)/b24-20-. The van der Waals surface area contributed by atoms with E-state index in [0.29, 0.717) is 17.1 Å². The Morgan fingerprint density at radius 2 is 1.87 bits per heavy atom. The van der Waals surface area contributed by atoms with E-state index in [0.717, 1.165) is 17.5 Å². The first-order chi connectivity index (χ1) is 15.0. The van der Waals surface area contributed by atoms with Gasteiger partial charge in [-0.2, -0.15) is 5.26 Å². The van der Waals surface area contributed by atoms with Crippen LogP contribution >= 0.6 is 11.8 Å². The van der Waals surface area contributed by atoms with Crippen LogP contribution in [0.5, 0.6) is 0 Å². The van der Waals surface area contributed by atoms with Gasteiger partial charge in [-0.15, -0.1) is 6.58 Å². The van der Waals surface area contributed by atoms with E-state index in [2.05, 4.69) is 11.9 Å². The molecule has 1 unspecified atom stereocenters. The number of rotatable bonds is 7. The Hall–Kier alpha value is -3.37. The van der Waals surface area contributed by atoms with Crippen molar-refractivity contribution in [1.82, 2.24) is 5.32 Å². The minimum absolute atomic E-state index is 0.124. The smallest absolute Gasteiger partial charge is 0.264 e. The maximum atomic E-state index is 13.3. The van der Waals surface area contributed by atoms with Crippen LogP contribution < -0.4 is 10.2 Å². The molecule has 158 valence electrons. The van der Waals surface area contributed by atoms with Crippen LogP contribution in [-0.4, -0.2) is 23.6 Å². The normalized spacial score (nSPS) is 17.3. The molecule has 31 heavy (non-hydrogen) atoms. The van der Waals surface area contributed by atoms with Gasteiger partial charge in [0, 0.05) is 12.2 Å². The number of nitriles is 1. The lowest BCUT2D eigenvalue weighted by Crippen LogP contribution is -2.32. The van der Waals surface area contributed by atoms with Gasteiger partial charge in [0.05, 0.1) is 5.25 Å². The summed E-state index contributed by atoms with van der Waals surface area (Å²) in [4.78, 5) is 27.3. The van der Waals surface area contributed by atoms with Crippen molar-refractivity contribution in [2.24, 2.45) is 0 Å². The van der Waals surface area contributed by atoms with Crippen LogP contribution in [0, 0.1) is 17.1 Å². The number of benzene rings is 2. The highest BCUT2D eigenvalue weighted by Gasteiger charge is 2.40. The Labute approximate surface area is 185 Å². The number of nitrogens with zero attached hydrogens (tertiary/aromatic N) is 2. The van der Waals surface area contributed by atoms with Crippen LogP contribution in [0.25, 0.3) is 0 Å². The highest BCUT2D eigenvalue weighted by atomic mass is 32.2. The second-order valence-electron chi connectivity index (χ2n) is 6.92. The van der Waals surface area contributed by atoms with E-state index in [1.54, 1.807) is 12.1 Å². The summed E-state index contributed by atoms with van der Waals surface area (Å²) in [5, 5.41) is 12.1. The van der Waals surface area contributed by atoms with Crippen molar-refractivity contribution >= 4 is 29.3 Å². The van der Waals surface area contributed by atoms with E-state index in [4.69, 9.17) is 0 Å². The van der Waals surface area contributed by atoms with E-state index in [1.807, 2.05) is 37.3 Å². The van der Waals surface area contributed by atoms with Gasteiger partial charge in [-0.05, 0) is 48.2 Å². The van der Waals surface area contributed by atoms with E-state index >= 15 is 0 Å². The Morgan fingerprint density at radius 3 is 2.45 bits per heavy atom. The number of hydrogen-bond donors (Lipinski definition) is 1. The van der Waals surface area contributed by atoms with Crippen LogP contribution in [0.2, 0.25) is 0 Å². The SMILES string of the molecule is C=CCNC(=O)/C(C#N)=C1\SC(Cc2ccc(F)cc2)C(=O)N1c1ccc(CC)cc1. The predicted molar refractivity (Wildman–Crippen MR) is 121 cm³/mol. The van der Waals surface area contributed by atoms with Crippen molar-refractivity contribution in [2.45, 2.75) is 25.0 Å². The zero-order chi connectivity index (χ0) is 22.4. The summed E-state index contributed by atoms with van der Waals surface area (Å²) >= 11 is 1.18. The van der Waals surface area contributed by atoms with E-state index in [9.17, 15) is 19.2 Å². The summed E-state index contributed by atoms with van der Waals surface area (Å²) in [5.41, 5.74) is 2.38. The molecule has 1 N–H and O–H groups in total. The molecule has 1 saturated heterocycles. The predicted octanol–water partition coefficient (Wildman–Crippen LogP) is 4.12. The monoisotopic (exact) mass is 435 g/mol. The van der Waals surface area contributed by atoms with Crippen molar-refractivity contribution in [3.8, 4) is 6.07 Å². The maximum Gasteiger partial charge on any atom is 0.264 e. The lowest BCUT2D eigenvalue weighted by atomic mass is 10.1. The molecular weight excluding hydrogens is 413 g/mol. The Kier molecular flexibility index (Phi) is 7.27. The van der Waals surface area contributed by atoms with E-state index in [-0.39, 0.29) is 23.8 Å². The molecule has 0 bridgehead atoms. The minimum Gasteiger partial charge on any atom is -0.348 e. The molecule has 3 rings (SSSR count). The van der Waals surface area contributed by atoms with Crippen molar-refractivity contribution in [1.29, 1.82) is 5.26 Å². The average molecular weight is 436 g/mol. The molecule has 5 nitrogen and oxygen atoms in total. The van der Waals surface area contributed by atoms with Gasteiger partial charge in [-0.1, -0.05) is 49.0 Å². The molecule has 0 spiro atoms. The molecule has 1 heterocycles. The number of carbonyl (C=O) groups is 2. The quantitative estimate of drug-likeness (QED) is 0.403. The molecule has 1 aliphatic rings. The molecule has 0 aromatic heterocycles. The van der Waals surface area contributed by atoms with E-state index < -0.39 is 11.2 Å². The number of nitrogens with one attached hydrogen (secondary N) is 1. The zero-order valence-electron chi connectivity index (χ0n) is 17.1. The first-order valence-electron chi connectivity index (χ1n) is 9.86. The van der Waals surface area contributed by atoms with Gasteiger partial charge >= 0.3 is 0 Å². The second-order valence-corrected chi connectivity index (χ2v) is 8.11. The van der Waals surface area contributed by atoms with Crippen molar-refractivity contribution < 1.29 is 14.0 Å². The van der Waals surface area contributed by atoms with Crippen molar-refractivity contribution in [3.63, 3.8) is 0 Å². The molecule has 1 aliphatic heterocycles. The van der Waals surface area contributed by atoms with Gasteiger partial charge in [0.15, 0.2) is 0 Å². The molecule has 2 aromatic carbocycles. The molecule has 0 saturated carbocycles. The van der Waals surface area contributed by atoms with Gasteiger partial charge in [0.25, 0.3) is 5.91 Å².